The molecule has 168 valence electrons. The molecule has 0 aliphatic carbocycles. The summed E-state index contributed by atoms with van der Waals surface area (Å²) in [7, 11) is 1.17. The number of carboxylic acid groups (broad SMARTS) is 1. The van der Waals surface area contributed by atoms with Gasteiger partial charge in [-0.25, -0.2) is 19.1 Å². The highest BCUT2D eigenvalue weighted by Crippen LogP contribution is 2.41. The lowest BCUT2D eigenvalue weighted by Crippen LogP contribution is -2.43. The van der Waals surface area contributed by atoms with E-state index in [0.717, 1.165) is 22.1 Å². The van der Waals surface area contributed by atoms with Crippen molar-refractivity contribution in [1.82, 2.24) is 9.13 Å². The Kier molecular flexibility index (Phi) is 4.93. The number of nitrogens with two attached hydrogens (primary N) is 1. The summed E-state index contributed by atoms with van der Waals surface area (Å²) < 4.78 is 1.71. The van der Waals surface area contributed by atoms with Crippen molar-refractivity contribution < 1.29 is 25.2 Å². The van der Waals surface area contributed by atoms with Crippen molar-refractivity contribution in [2.24, 2.45) is 7.05 Å². The number of nitrogens with zero attached hydrogens (tertiary/aromatic N) is 3. The van der Waals surface area contributed by atoms with E-state index in [9.17, 15) is 34.8 Å². The van der Waals surface area contributed by atoms with Gasteiger partial charge in [0.05, 0.1) is 11.4 Å². The van der Waals surface area contributed by atoms with E-state index in [2.05, 4.69) is 0 Å². The number of aromatic nitrogens is 2. The maximum atomic E-state index is 13.1. The van der Waals surface area contributed by atoms with Crippen molar-refractivity contribution in [2.75, 3.05) is 10.6 Å². The molecule has 0 saturated heterocycles. The highest BCUT2D eigenvalue weighted by Gasteiger charge is 2.29. The predicted octanol–water partition coefficient (Wildman–Crippen LogP) is 2.20. The van der Waals surface area contributed by atoms with Gasteiger partial charge < -0.3 is 26.2 Å². The highest BCUT2D eigenvalue weighted by molar-refractivity contribution is 5.99. The number of carbonyl (C=O) groups is 1. The van der Waals surface area contributed by atoms with Crippen LogP contribution in [0.4, 0.5) is 22.0 Å². The third-order valence-corrected chi connectivity index (χ3v) is 5.20. The van der Waals surface area contributed by atoms with Crippen molar-refractivity contribution >= 4 is 34.1 Å². The Morgan fingerprint density at radius 3 is 2.21 bits per heavy atom. The van der Waals surface area contributed by atoms with Gasteiger partial charge >= 0.3 is 11.8 Å². The number of amides is 1. The zero-order valence-corrected chi connectivity index (χ0v) is 17.1. The molecule has 11 nitrogen and oxygen atoms in total. The number of rotatable bonds is 3. The maximum Gasteiger partial charge on any atom is 0.416 e. The number of fused-ring (bicyclic) bond motifs is 1. The molecule has 4 rings (SSSR count). The van der Waals surface area contributed by atoms with Crippen LogP contribution in [-0.4, -0.2) is 35.7 Å². The second kappa shape index (κ2) is 7.64. The van der Waals surface area contributed by atoms with E-state index in [-0.39, 0.29) is 5.69 Å². The van der Waals surface area contributed by atoms with Gasteiger partial charge in [0.2, 0.25) is 0 Å². The number of nitrogen functional groups attached to an aromatic ring is 1. The number of phenolic OH excluding ortho intramolecular Hbond substituents is 3. The minimum Gasteiger partial charge on any atom is -0.504 e. The van der Waals surface area contributed by atoms with Crippen LogP contribution in [-0.2, 0) is 7.05 Å². The molecule has 0 radical (unpaired) electrons. The first-order valence-electron chi connectivity index (χ1n) is 9.51. The zero-order valence-electron chi connectivity index (χ0n) is 17.1. The molecule has 0 saturated carbocycles. The van der Waals surface area contributed by atoms with Crippen LogP contribution < -0.4 is 21.9 Å². The van der Waals surface area contributed by atoms with Crippen LogP contribution in [0.5, 0.6) is 17.2 Å². The van der Waals surface area contributed by atoms with E-state index < -0.39 is 46.1 Å². The summed E-state index contributed by atoms with van der Waals surface area (Å²) in [5, 5.41) is 40.6. The molecule has 1 amide bonds. The molecule has 0 aliphatic heterocycles. The minimum atomic E-state index is -1.69. The first-order chi connectivity index (χ1) is 15.6. The average molecular weight is 450 g/mol. The summed E-state index contributed by atoms with van der Waals surface area (Å²) in [6, 6.07) is 13.9. The Morgan fingerprint density at radius 2 is 1.58 bits per heavy atom. The first-order valence-corrected chi connectivity index (χ1v) is 9.51. The molecular formula is C22H18N4O7. The van der Waals surface area contributed by atoms with Gasteiger partial charge in [0.25, 0.3) is 5.56 Å². The zero-order chi connectivity index (χ0) is 24.0. The molecule has 0 spiro atoms. The maximum absolute atomic E-state index is 13.1. The van der Waals surface area contributed by atoms with Crippen molar-refractivity contribution in [3.63, 3.8) is 0 Å². The van der Waals surface area contributed by atoms with Crippen LogP contribution in [0.1, 0.15) is 0 Å². The highest BCUT2D eigenvalue weighted by atomic mass is 16.4. The summed E-state index contributed by atoms with van der Waals surface area (Å²) in [5.74, 6) is -3.00. The SMILES string of the molecule is Cn1c(=O)c(N(C(=O)O)c2cc(O)c(O)c(O)c2)c(N)n(-c2cccc3ccccc23)c1=O. The quantitative estimate of drug-likeness (QED) is 0.296. The summed E-state index contributed by atoms with van der Waals surface area (Å²) >= 11 is 0. The molecule has 4 aromatic rings. The summed E-state index contributed by atoms with van der Waals surface area (Å²) in [6.07, 6.45) is -1.69. The first kappa shape index (κ1) is 21.3. The topological polar surface area (TPSA) is 171 Å². The third-order valence-electron chi connectivity index (χ3n) is 5.20. The fourth-order valence-corrected chi connectivity index (χ4v) is 3.61. The Morgan fingerprint density at radius 1 is 0.970 bits per heavy atom. The van der Waals surface area contributed by atoms with E-state index in [1.807, 2.05) is 12.1 Å². The van der Waals surface area contributed by atoms with Crippen molar-refractivity contribution in [3.8, 4) is 22.9 Å². The second-order valence-corrected chi connectivity index (χ2v) is 7.16. The van der Waals surface area contributed by atoms with E-state index in [4.69, 9.17) is 5.73 Å². The van der Waals surface area contributed by atoms with Gasteiger partial charge in [0, 0.05) is 24.6 Å². The number of anilines is 3. The molecule has 33 heavy (non-hydrogen) atoms. The van der Waals surface area contributed by atoms with Crippen LogP contribution in [0.2, 0.25) is 0 Å². The van der Waals surface area contributed by atoms with Gasteiger partial charge in [0.15, 0.2) is 22.9 Å². The molecule has 1 heterocycles. The molecular weight excluding hydrogens is 432 g/mol. The number of aromatic hydroxyl groups is 3. The number of phenols is 3. The van der Waals surface area contributed by atoms with Gasteiger partial charge in [0.1, 0.15) is 5.82 Å². The van der Waals surface area contributed by atoms with E-state index in [1.165, 1.54) is 7.05 Å². The number of hydrogen-bond donors (Lipinski definition) is 5. The lowest BCUT2D eigenvalue weighted by atomic mass is 10.1. The smallest absolute Gasteiger partial charge is 0.416 e. The predicted molar refractivity (Wildman–Crippen MR) is 121 cm³/mol. The molecule has 0 aliphatic rings. The Hall–Kier alpha value is -4.93. The molecule has 11 heteroatoms. The molecule has 3 aromatic carbocycles. The molecule has 0 bridgehead atoms. The van der Waals surface area contributed by atoms with Gasteiger partial charge in [-0.3, -0.25) is 9.36 Å². The fraction of sp³-hybridized carbons (Fsp3) is 0.0455. The average Bonchev–Trinajstić information content (AvgIpc) is 2.78. The summed E-state index contributed by atoms with van der Waals surface area (Å²) in [4.78, 5) is 38.7. The third kappa shape index (κ3) is 3.28. The Bertz CT molecular complexity index is 1530. The molecule has 1 aromatic heterocycles. The number of benzene rings is 3. The number of hydrogen-bond acceptors (Lipinski definition) is 7. The normalized spacial score (nSPS) is 10.9. The van der Waals surface area contributed by atoms with Crippen LogP contribution in [0.3, 0.4) is 0 Å². The van der Waals surface area contributed by atoms with Crippen LogP contribution in [0.15, 0.2) is 64.2 Å². The molecule has 0 atom stereocenters. The van der Waals surface area contributed by atoms with Crippen LogP contribution >= 0.6 is 0 Å². The molecule has 0 fully saturated rings. The lowest BCUT2D eigenvalue weighted by Gasteiger charge is -2.24. The second-order valence-electron chi connectivity index (χ2n) is 7.16. The summed E-state index contributed by atoms with van der Waals surface area (Å²) in [5.41, 5.74) is 3.72. The van der Waals surface area contributed by atoms with E-state index in [0.29, 0.717) is 20.5 Å². The largest absolute Gasteiger partial charge is 0.504 e. The van der Waals surface area contributed by atoms with E-state index in [1.54, 1.807) is 30.3 Å². The van der Waals surface area contributed by atoms with E-state index >= 15 is 0 Å². The molecule has 0 unspecified atom stereocenters. The standard InChI is InChI=1S/C22H18N4O7/c1-24-20(30)17(25(22(32)33)12-9-15(27)18(29)16(28)10-12)19(23)26(21(24)31)14-8-4-6-11-5-2-3-7-13(11)14/h2-10,27-29H,23H2,1H3,(H,32,33). The van der Waals surface area contributed by atoms with Crippen molar-refractivity contribution in [2.45, 2.75) is 0 Å². The van der Waals surface area contributed by atoms with Crippen molar-refractivity contribution in [3.05, 3.63) is 75.4 Å². The Labute approximate surface area is 185 Å². The van der Waals surface area contributed by atoms with Gasteiger partial charge in [-0.15, -0.1) is 0 Å². The Balaban J connectivity index is 2.10. The van der Waals surface area contributed by atoms with Gasteiger partial charge in [-0.05, 0) is 11.5 Å². The van der Waals surface area contributed by atoms with Crippen LogP contribution in [0.25, 0.3) is 16.5 Å². The molecule has 6 N–H and O–H groups in total. The lowest BCUT2D eigenvalue weighted by molar-refractivity contribution is 0.204. The van der Waals surface area contributed by atoms with Crippen LogP contribution in [0, 0.1) is 0 Å². The monoisotopic (exact) mass is 450 g/mol. The van der Waals surface area contributed by atoms with Gasteiger partial charge in [-0.2, -0.15) is 0 Å². The summed E-state index contributed by atoms with van der Waals surface area (Å²) in [6.45, 7) is 0. The minimum absolute atomic E-state index is 0.314. The fourth-order valence-electron chi connectivity index (χ4n) is 3.61. The van der Waals surface area contributed by atoms with Gasteiger partial charge in [-0.1, -0.05) is 36.4 Å². The van der Waals surface area contributed by atoms with Crippen molar-refractivity contribution in [1.29, 1.82) is 0 Å².